The van der Waals surface area contributed by atoms with Crippen LogP contribution in [-0.4, -0.2) is 13.7 Å². The van der Waals surface area contributed by atoms with Crippen molar-refractivity contribution in [1.82, 2.24) is 13.7 Å². The fourth-order valence-corrected chi connectivity index (χ4v) is 24.3. The Labute approximate surface area is 792 Å². The maximum Gasteiger partial charge on any atom is 0.161 e. The van der Waals surface area contributed by atoms with Crippen LogP contribution in [0.3, 0.4) is 0 Å². The Balaban J connectivity index is 0.000000102. The molecule has 0 spiro atoms. The fraction of sp³-hybridized carbons (Fsp3) is 0. The molecule has 0 unspecified atom stereocenters. The van der Waals surface area contributed by atoms with Gasteiger partial charge in [0.25, 0.3) is 0 Å². The number of fused-ring (bicyclic) bond motifs is 27. The maximum absolute atomic E-state index is 6.65. The van der Waals surface area contributed by atoms with Gasteiger partial charge in [-0.3, -0.25) is 0 Å². The van der Waals surface area contributed by atoms with Gasteiger partial charge in [-0.05, 0) is 227 Å². The third kappa shape index (κ3) is 12.6. The van der Waals surface area contributed by atoms with E-state index < -0.39 is 0 Å². The van der Waals surface area contributed by atoms with Gasteiger partial charge in [0.1, 0.15) is 44.6 Å². The van der Waals surface area contributed by atoms with E-state index in [4.69, 9.17) is 17.7 Å². The summed E-state index contributed by atoms with van der Waals surface area (Å²) in [4.78, 5) is 0. The van der Waals surface area contributed by atoms with Crippen molar-refractivity contribution < 1.29 is 17.7 Å². The van der Waals surface area contributed by atoms with E-state index in [2.05, 4.69) is 475 Å². The van der Waals surface area contributed by atoms with E-state index in [1.807, 2.05) is 28.7 Å². The van der Waals surface area contributed by atoms with Crippen molar-refractivity contribution in [2.75, 3.05) is 0 Å². The molecule has 0 aliphatic rings. The first-order chi connectivity index (χ1) is 67.9. The summed E-state index contributed by atoms with van der Waals surface area (Å²) in [7, 11) is 0. The lowest BCUT2D eigenvalue weighted by molar-refractivity contribution is 0.669. The molecule has 137 heavy (non-hydrogen) atoms. The quantitative estimate of drug-likeness (QED) is 0.137. The van der Waals surface area contributed by atoms with Gasteiger partial charge in [-0.15, -0.1) is 22.7 Å². The average Bonchev–Trinajstić information content (AvgIpc) is 1.56. The summed E-state index contributed by atoms with van der Waals surface area (Å²) in [6, 6.07) is 167. The molecule has 0 aliphatic heterocycles. The Morgan fingerprint density at radius 1 is 0.161 bits per heavy atom. The molecule has 0 radical (unpaired) electrons. The summed E-state index contributed by atoms with van der Waals surface area (Å²) < 4.78 is 38.5. The number of thiophene rings is 2. The molecule has 30 aromatic rings. The molecule has 0 saturated carbocycles. The van der Waals surface area contributed by atoms with Gasteiger partial charge < -0.3 is 31.4 Å². The van der Waals surface area contributed by atoms with Crippen LogP contribution >= 0.6 is 22.7 Å². The predicted molar refractivity (Wildman–Crippen MR) is 578 cm³/mol. The van der Waals surface area contributed by atoms with E-state index >= 15 is 0 Å². The van der Waals surface area contributed by atoms with E-state index in [0.29, 0.717) is 0 Å². The first kappa shape index (κ1) is 78.1. The molecule has 9 heteroatoms. The lowest BCUT2D eigenvalue weighted by atomic mass is 9.94. The molecular weight excluding hydrogens is 1710 g/mol. The summed E-state index contributed by atoms with van der Waals surface area (Å²) >= 11 is 3.80. The minimum absolute atomic E-state index is 0.879. The van der Waals surface area contributed by atoms with Gasteiger partial charge in [-0.25, -0.2) is 0 Å². The van der Waals surface area contributed by atoms with Crippen molar-refractivity contribution in [2.24, 2.45) is 0 Å². The van der Waals surface area contributed by atoms with E-state index in [9.17, 15) is 0 Å². The molecule has 640 valence electrons. The minimum atomic E-state index is 0.879. The Hall–Kier alpha value is -17.6. The van der Waals surface area contributed by atoms with Crippen molar-refractivity contribution in [1.29, 1.82) is 0 Å². The zero-order valence-corrected chi connectivity index (χ0v) is 75.4. The largest absolute Gasteiger partial charge is 0.456 e. The van der Waals surface area contributed by atoms with Gasteiger partial charge in [0.15, 0.2) is 5.58 Å². The van der Waals surface area contributed by atoms with Crippen LogP contribution in [0, 0.1) is 0 Å². The highest BCUT2D eigenvalue weighted by Crippen LogP contribution is 2.52. The Bertz CT molecular complexity index is 10100. The number of furan rings is 4. The van der Waals surface area contributed by atoms with Gasteiger partial charge in [0.2, 0.25) is 0 Å². The van der Waals surface area contributed by atoms with Gasteiger partial charge in [-0.1, -0.05) is 334 Å². The van der Waals surface area contributed by atoms with Crippen LogP contribution in [0.5, 0.6) is 0 Å². The van der Waals surface area contributed by atoms with Crippen LogP contribution < -0.4 is 0 Å². The molecule has 0 amide bonds. The second-order valence-corrected chi connectivity index (χ2v) is 37.5. The number of hydrogen-bond acceptors (Lipinski definition) is 6. The zero-order valence-electron chi connectivity index (χ0n) is 73.7. The predicted octanol–water partition coefficient (Wildman–Crippen LogP) is 37.2. The normalized spacial score (nSPS) is 11.9. The summed E-state index contributed by atoms with van der Waals surface area (Å²) in [6.45, 7) is 0. The Morgan fingerprint density at radius 3 is 1.12 bits per heavy atom. The van der Waals surface area contributed by atoms with Crippen molar-refractivity contribution >= 4 is 205 Å². The highest BCUT2D eigenvalue weighted by Gasteiger charge is 2.27. The number of nitrogens with zero attached hydrogens (tertiary/aromatic N) is 3. The van der Waals surface area contributed by atoms with Crippen molar-refractivity contribution in [3.05, 3.63) is 467 Å². The van der Waals surface area contributed by atoms with E-state index in [1.165, 1.54) is 134 Å². The number of rotatable bonds is 10. The smallest absolute Gasteiger partial charge is 0.161 e. The maximum atomic E-state index is 6.65. The lowest BCUT2D eigenvalue weighted by Gasteiger charge is -2.11. The molecule has 9 heterocycles. The lowest BCUT2D eigenvalue weighted by Crippen LogP contribution is -1.93. The van der Waals surface area contributed by atoms with Crippen LogP contribution in [0.4, 0.5) is 0 Å². The third-order valence-corrected chi connectivity index (χ3v) is 30.3. The Morgan fingerprint density at radius 2 is 0.533 bits per heavy atom. The third-order valence-electron chi connectivity index (χ3n) is 27.8. The number of benzene rings is 21. The zero-order chi connectivity index (χ0) is 89.9. The topological polar surface area (TPSA) is 67.3 Å². The molecular formula is C128H77N3O4S2. The van der Waals surface area contributed by atoms with Crippen LogP contribution in [0.1, 0.15) is 0 Å². The molecule has 9 aromatic heterocycles. The number of aromatic nitrogens is 3. The fourth-order valence-electron chi connectivity index (χ4n) is 21.6. The summed E-state index contributed by atoms with van der Waals surface area (Å²) in [5, 5.41) is 19.2. The second kappa shape index (κ2) is 31.6. The summed E-state index contributed by atoms with van der Waals surface area (Å²) in [5.41, 5.74) is 34.4. The molecule has 0 aliphatic carbocycles. The van der Waals surface area contributed by atoms with Crippen LogP contribution in [0.15, 0.2) is 485 Å². The SMILES string of the molecule is c1ccc(-c2cccc3c2oc2cccc(-c4cccc(-c5cccc6oc7c8ccccc8n(-c8ccccc8)c7c56)c4)c23)cc1.c1ccc(-n2c3ccccc3c3sc4c(-c5cccc(-c6ccc7c(c6)oc6cc8ccccc8cc67)c5)cccc4c32)cc1.c1ccc(-n2c3ccccc3c3sc4c(-c5cccc(-c6ccc7c(c6)oc6ccc8ccccc8c67)c5)cccc4c32)cc1. The minimum Gasteiger partial charge on any atom is -0.456 e. The number of para-hydroxylation sites is 7. The van der Waals surface area contributed by atoms with Crippen LogP contribution in [0.25, 0.3) is 278 Å². The second-order valence-electron chi connectivity index (χ2n) is 35.5. The molecule has 0 saturated heterocycles. The average molecular weight is 1790 g/mol. The van der Waals surface area contributed by atoms with Crippen LogP contribution in [-0.2, 0) is 0 Å². The van der Waals surface area contributed by atoms with Crippen molar-refractivity contribution in [3.63, 3.8) is 0 Å². The van der Waals surface area contributed by atoms with Gasteiger partial charge in [-0.2, -0.15) is 0 Å². The monoisotopic (exact) mass is 1780 g/mol. The summed E-state index contributed by atoms with van der Waals surface area (Å²) in [5.74, 6) is 0. The first-order valence-corrected chi connectivity index (χ1v) is 48.1. The summed E-state index contributed by atoms with van der Waals surface area (Å²) in [6.07, 6.45) is 0. The van der Waals surface area contributed by atoms with E-state index in [-0.39, 0.29) is 0 Å². The molecule has 30 rings (SSSR count). The molecule has 21 aromatic carbocycles. The standard InChI is InChI=1S/C44H27NO2.2C42H25NOS/c1-3-13-28(14-4-1)34-22-10-23-36-40-32(20-11-25-38(40)46-43(34)36)29-15-9-16-30(27-29)33-21-12-26-39-41(33)42-44(47-39)35-19-7-8-24-37(35)45(42)31-17-5-2-6-18-31;1-2-13-30(14-3-1)43-36-19-7-6-16-33(36)42-40(43)35-18-9-17-32(41(35)45-42)29-12-8-11-27(24-29)28-20-22-34-38(25-28)44-37-23-21-26-10-4-5-15-31(26)39(34)37;1-2-14-31(15-3-1)43-37-19-7-6-16-34(37)42-40(43)35-18-9-17-32(41(35)45-42)30-13-8-12-26(22-30)29-20-21-33-36-23-27-10-4-5-11-28(27)24-39(36)44-38(33)25-29/h1-27H;2*1-25H. The molecule has 0 N–H and O–H groups in total. The van der Waals surface area contributed by atoms with E-state index in [1.54, 1.807) is 0 Å². The van der Waals surface area contributed by atoms with Crippen molar-refractivity contribution in [3.8, 4) is 95.0 Å². The van der Waals surface area contributed by atoms with Crippen LogP contribution in [0.2, 0.25) is 0 Å². The Kier molecular flexibility index (Phi) is 18.0. The van der Waals surface area contributed by atoms with Gasteiger partial charge in [0, 0.05) is 91.3 Å². The van der Waals surface area contributed by atoms with Gasteiger partial charge in [0.05, 0.1) is 42.4 Å². The highest BCUT2D eigenvalue weighted by atomic mass is 32.1. The van der Waals surface area contributed by atoms with Gasteiger partial charge >= 0.3 is 0 Å². The molecule has 0 bridgehead atoms. The first-order valence-electron chi connectivity index (χ1n) is 46.5. The molecule has 7 nitrogen and oxygen atoms in total. The number of hydrogen-bond donors (Lipinski definition) is 0. The van der Waals surface area contributed by atoms with Crippen molar-refractivity contribution in [2.45, 2.75) is 0 Å². The highest BCUT2D eigenvalue weighted by molar-refractivity contribution is 7.27. The molecule has 0 fully saturated rings. The molecule has 0 atom stereocenters. The van der Waals surface area contributed by atoms with E-state index in [0.717, 1.165) is 144 Å².